The van der Waals surface area contributed by atoms with Gasteiger partial charge in [0.05, 0.1) is 0 Å². The highest BCUT2D eigenvalue weighted by molar-refractivity contribution is 5.36. The van der Waals surface area contributed by atoms with Crippen molar-refractivity contribution < 1.29 is 17.6 Å². The largest absolute Gasteiger partial charge is 0.244 e. The van der Waals surface area contributed by atoms with Crippen molar-refractivity contribution in [1.29, 1.82) is 0 Å². The Kier molecular flexibility index (Phi) is 5.77. The van der Waals surface area contributed by atoms with Crippen molar-refractivity contribution in [2.75, 3.05) is 0 Å². The number of aryl methyl sites for hydroxylation is 1. The number of halogens is 4. The highest BCUT2D eigenvalue weighted by Gasteiger charge is 2.47. The summed E-state index contributed by atoms with van der Waals surface area (Å²) < 4.78 is 59.0. The molecule has 0 aliphatic heterocycles. The van der Waals surface area contributed by atoms with E-state index in [1.807, 2.05) is 19.1 Å². The molecule has 0 N–H and O–H groups in total. The molecule has 0 spiro atoms. The number of hydrogen-bond donors (Lipinski definition) is 0. The van der Waals surface area contributed by atoms with Gasteiger partial charge in [-0.2, -0.15) is 0 Å². The van der Waals surface area contributed by atoms with Crippen molar-refractivity contribution in [3.05, 3.63) is 34.9 Å². The Morgan fingerprint density at radius 3 is 2.43 bits per heavy atom. The van der Waals surface area contributed by atoms with E-state index < -0.39 is 30.6 Å². The fraction of sp³-hybridized carbons (Fsp3) is 0.750. The highest BCUT2D eigenvalue weighted by Crippen LogP contribution is 2.49. The normalized spacial score (nSPS) is 43.3. The quantitative estimate of drug-likeness (QED) is 0.481. The van der Waals surface area contributed by atoms with Gasteiger partial charge in [-0.1, -0.05) is 37.1 Å². The lowest BCUT2D eigenvalue weighted by Gasteiger charge is -2.45. The molecule has 28 heavy (non-hydrogen) atoms. The lowest BCUT2D eigenvalue weighted by atomic mass is 9.62. The fourth-order valence-corrected chi connectivity index (χ4v) is 6.11. The molecule has 3 aliphatic rings. The molecule has 1 aromatic rings. The molecule has 0 amide bonds. The van der Waals surface area contributed by atoms with Gasteiger partial charge in [-0.05, 0) is 86.2 Å². The highest BCUT2D eigenvalue weighted by atomic mass is 19.2. The summed E-state index contributed by atoms with van der Waals surface area (Å²) in [5, 5.41) is 0. The molecule has 2 saturated carbocycles. The van der Waals surface area contributed by atoms with Crippen molar-refractivity contribution in [2.24, 2.45) is 29.6 Å². The summed E-state index contributed by atoms with van der Waals surface area (Å²) in [6.45, 7) is 4.00. The molecule has 0 radical (unpaired) electrons. The van der Waals surface area contributed by atoms with E-state index in [0.29, 0.717) is 37.2 Å². The SMILES string of the molecule is Cc1ccc2c(c1)C(F)C(F)C(CCC1CC3CC[C@@H](C)CC3[C@@H](F)[C@H]1F)C2. The Bertz CT molecular complexity index is 687. The third-order valence-corrected chi connectivity index (χ3v) is 7.80. The van der Waals surface area contributed by atoms with E-state index in [1.54, 1.807) is 6.07 Å². The van der Waals surface area contributed by atoms with Crippen LogP contribution in [0, 0.1) is 36.5 Å². The lowest BCUT2D eigenvalue weighted by Crippen LogP contribution is -2.46. The number of benzene rings is 1. The van der Waals surface area contributed by atoms with Crippen LogP contribution in [0.3, 0.4) is 0 Å². The predicted octanol–water partition coefficient (Wildman–Crippen LogP) is 7.04. The number of rotatable bonds is 3. The standard InChI is InChI=1S/C24H32F4/c1-13-3-5-15-11-17(21(25)23(27)19(15)9-13)7-8-18-12-16-6-4-14(2)10-20(16)24(28)22(18)26/h3,5,9,14,16-18,20-24H,4,6-8,10-12H2,1-2H3/t14-,16?,17?,18?,20?,21?,22+,23?,24-/m1/s1. The van der Waals surface area contributed by atoms with Gasteiger partial charge in [0, 0.05) is 0 Å². The average Bonchev–Trinajstić information content (AvgIpc) is 2.68. The van der Waals surface area contributed by atoms with Gasteiger partial charge in [0.1, 0.15) is 18.5 Å². The Hall–Kier alpha value is -1.06. The van der Waals surface area contributed by atoms with Crippen LogP contribution in [0.25, 0.3) is 0 Å². The summed E-state index contributed by atoms with van der Waals surface area (Å²) in [4.78, 5) is 0. The zero-order valence-electron chi connectivity index (χ0n) is 16.9. The van der Waals surface area contributed by atoms with Crippen molar-refractivity contribution in [3.8, 4) is 0 Å². The topological polar surface area (TPSA) is 0 Å². The molecule has 156 valence electrons. The van der Waals surface area contributed by atoms with Crippen LogP contribution >= 0.6 is 0 Å². The second-order valence-corrected chi connectivity index (χ2v) is 9.82. The molecule has 2 fully saturated rings. The fourth-order valence-electron chi connectivity index (χ4n) is 6.11. The third-order valence-electron chi connectivity index (χ3n) is 7.80. The summed E-state index contributed by atoms with van der Waals surface area (Å²) in [6, 6.07) is 5.55. The van der Waals surface area contributed by atoms with Crippen LogP contribution in [0.1, 0.15) is 68.3 Å². The first-order chi connectivity index (χ1) is 13.3. The van der Waals surface area contributed by atoms with E-state index >= 15 is 0 Å². The first kappa shape index (κ1) is 20.2. The summed E-state index contributed by atoms with van der Waals surface area (Å²) in [6.07, 6.45) is -1.08. The number of fused-ring (bicyclic) bond motifs is 2. The zero-order valence-corrected chi connectivity index (χ0v) is 16.9. The van der Waals surface area contributed by atoms with Crippen LogP contribution in [0.5, 0.6) is 0 Å². The number of hydrogen-bond acceptors (Lipinski definition) is 0. The molecule has 1 aromatic carbocycles. The molecule has 0 saturated heterocycles. The zero-order chi connectivity index (χ0) is 20.0. The Balaban J connectivity index is 1.41. The maximum Gasteiger partial charge on any atom is 0.157 e. The van der Waals surface area contributed by atoms with Gasteiger partial charge in [-0.15, -0.1) is 0 Å². The van der Waals surface area contributed by atoms with Crippen molar-refractivity contribution in [2.45, 2.75) is 83.5 Å². The van der Waals surface area contributed by atoms with E-state index in [4.69, 9.17) is 0 Å². The predicted molar refractivity (Wildman–Crippen MR) is 104 cm³/mol. The van der Waals surface area contributed by atoms with E-state index in [1.165, 1.54) is 0 Å². The maximum atomic E-state index is 14.8. The van der Waals surface area contributed by atoms with Crippen molar-refractivity contribution in [1.82, 2.24) is 0 Å². The maximum absolute atomic E-state index is 14.8. The van der Waals surface area contributed by atoms with Gasteiger partial charge in [0.25, 0.3) is 0 Å². The number of alkyl halides is 4. The summed E-state index contributed by atoms with van der Waals surface area (Å²) in [5.41, 5.74) is 2.26. The first-order valence-electron chi connectivity index (χ1n) is 11.0. The van der Waals surface area contributed by atoms with Gasteiger partial charge in [0.2, 0.25) is 0 Å². The van der Waals surface area contributed by atoms with Crippen molar-refractivity contribution in [3.63, 3.8) is 0 Å². The molecular formula is C24H32F4. The molecule has 0 aromatic heterocycles. The molecule has 9 atom stereocenters. The van der Waals surface area contributed by atoms with Gasteiger partial charge in [0.15, 0.2) is 6.17 Å². The molecule has 4 heteroatoms. The van der Waals surface area contributed by atoms with Crippen LogP contribution < -0.4 is 0 Å². The van der Waals surface area contributed by atoms with Crippen LogP contribution in [0.15, 0.2) is 18.2 Å². The average molecular weight is 397 g/mol. The summed E-state index contributed by atoms with van der Waals surface area (Å²) >= 11 is 0. The molecule has 6 unspecified atom stereocenters. The monoisotopic (exact) mass is 396 g/mol. The first-order valence-corrected chi connectivity index (χ1v) is 11.0. The minimum absolute atomic E-state index is 0.149. The Labute approximate surface area is 166 Å². The van der Waals surface area contributed by atoms with Crippen molar-refractivity contribution >= 4 is 0 Å². The van der Waals surface area contributed by atoms with Crippen LogP contribution in [-0.4, -0.2) is 18.5 Å². The Morgan fingerprint density at radius 2 is 1.64 bits per heavy atom. The summed E-state index contributed by atoms with van der Waals surface area (Å²) in [5.74, 6) is -0.214. The second-order valence-electron chi connectivity index (χ2n) is 9.82. The smallest absolute Gasteiger partial charge is 0.157 e. The Morgan fingerprint density at radius 1 is 0.893 bits per heavy atom. The van der Waals surface area contributed by atoms with Gasteiger partial charge >= 0.3 is 0 Å². The molecule has 0 bridgehead atoms. The minimum atomic E-state index is -1.61. The van der Waals surface area contributed by atoms with E-state index in [9.17, 15) is 17.6 Å². The molecule has 4 rings (SSSR count). The van der Waals surface area contributed by atoms with Crippen LogP contribution in [0.4, 0.5) is 17.6 Å². The van der Waals surface area contributed by atoms with Crippen LogP contribution in [-0.2, 0) is 6.42 Å². The molecule has 3 aliphatic carbocycles. The van der Waals surface area contributed by atoms with Crippen LogP contribution in [0.2, 0.25) is 0 Å². The molecular weight excluding hydrogens is 364 g/mol. The van der Waals surface area contributed by atoms with Gasteiger partial charge in [-0.25, -0.2) is 17.6 Å². The summed E-state index contributed by atoms with van der Waals surface area (Å²) in [7, 11) is 0. The van der Waals surface area contributed by atoms with E-state index in [0.717, 1.165) is 30.4 Å². The molecule has 0 nitrogen and oxygen atoms in total. The lowest BCUT2D eigenvalue weighted by molar-refractivity contribution is -0.0442. The third kappa shape index (κ3) is 3.73. The van der Waals surface area contributed by atoms with Gasteiger partial charge < -0.3 is 0 Å². The van der Waals surface area contributed by atoms with E-state index in [2.05, 4.69) is 6.92 Å². The second kappa shape index (κ2) is 7.99. The van der Waals surface area contributed by atoms with E-state index in [-0.39, 0.29) is 17.8 Å². The van der Waals surface area contributed by atoms with Gasteiger partial charge in [-0.3, -0.25) is 0 Å². The minimum Gasteiger partial charge on any atom is -0.244 e. The molecule has 0 heterocycles.